The molecule has 0 aliphatic carbocycles. The molecule has 0 heterocycles. The van der Waals surface area contributed by atoms with Gasteiger partial charge >= 0.3 is 5.97 Å². The zero-order chi connectivity index (χ0) is 50.9. The minimum Gasteiger partial charge on any atom is -0.462 e. The van der Waals surface area contributed by atoms with Crippen LogP contribution in [0.15, 0.2) is 109 Å². The zero-order valence-electron chi connectivity index (χ0n) is 45.6. The Morgan fingerprint density at radius 1 is 0.443 bits per heavy atom. The van der Waals surface area contributed by atoms with Gasteiger partial charge in [-0.2, -0.15) is 0 Å². The second-order valence-electron chi connectivity index (χ2n) is 19.5. The van der Waals surface area contributed by atoms with Crippen LogP contribution in [0.4, 0.5) is 0 Å². The maximum atomic E-state index is 13.3. The molecule has 1 amide bonds. The number of amides is 1. The Morgan fingerprint density at radius 3 is 1.34 bits per heavy atom. The molecule has 0 aromatic rings. The van der Waals surface area contributed by atoms with E-state index in [1.165, 1.54) is 135 Å². The third-order valence-corrected chi connectivity index (χ3v) is 12.7. The fourth-order valence-electron chi connectivity index (χ4n) is 8.36. The van der Waals surface area contributed by atoms with Crippen LogP contribution < -0.4 is 5.32 Å². The summed E-state index contributed by atoms with van der Waals surface area (Å²) < 4.78 is 5.92. The van der Waals surface area contributed by atoms with Gasteiger partial charge in [0.15, 0.2) is 0 Å². The monoisotopic (exact) mass is 972 g/mol. The Morgan fingerprint density at radius 2 is 0.843 bits per heavy atom. The number of nitrogens with one attached hydrogen (secondary N) is 1. The summed E-state index contributed by atoms with van der Waals surface area (Å²) in [7, 11) is 0. The van der Waals surface area contributed by atoms with Crippen LogP contribution in [0.2, 0.25) is 0 Å². The summed E-state index contributed by atoms with van der Waals surface area (Å²) in [6, 6.07) is -0.737. The first-order chi connectivity index (χ1) is 34.5. The van der Waals surface area contributed by atoms with Crippen LogP contribution in [-0.4, -0.2) is 46.9 Å². The average molecular weight is 973 g/mol. The van der Waals surface area contributed by atoms with Crippen LogP contribution in [0.1, 0.15) is 258 Å². The van der Waals surface area contributed by atoms with Gasteiger partial charge in [0.2, 0.25) is 5.91 Å². The molecule has 0 aromatic heterocycles. The number of rotatable bonds is 51. The molecule has 400 valence electrons. The summed E-state index contributed by atoms with van der Waals surface area (Å²) >= 11 is 0. The summed E-state index contributed by atoms with van der Waals surface area (Å²) in [5.41, 5.74) is 0. The van der Waals surface area contributed by atoms with Crippen molar-refractivity contribution >= 4 is 11.9 Å². The van der Waals surface area contributed by atoms with Crippen molar-refractivity contribution in [1.29, 1.82) is 0 Å². The molecule has 70 heavy (non-hydrogen) atoms. The molecule has 0 saturated heterocycles. The van der Waals surface area contributed by atoms with Gasteiger partial charge < -0.3 is 20.3 Å². The Labute approximate surface area is 432 Å². The second-order valence-corrected chi connectivity index (χ2v) is 19.5. The number of hydrogen-bond donors (Lipinski definition) is 3. The summed E-state index contributed by atoms with van der Waals surface area (Å²) in [6.07, 6.45) is 77.3. The van der Waals surface area contributed by atoms with Crippen molar-refractivity contribution in [3.05, 3.63) is 109 Å². The third kappa shape index (κ3) is 50.9. The molecule has 3 atom stereocenters. The number of ether oxygens (including phenoxy) is 1. The van der Waals surface area contributed by atoms with Crippen LogP contribution in [0.5, 0.6) is 0 Å². The average Bonchev–Trinajstić information content (AvgIpc) is 3.35. The predicted octanol–water partition coefficient (Wildman–Crippen LogP) is 18.2. The Hall–Kier alpha value is -3.48. The molecule has 3 N–H and O–H groups in total. The number of aliphatic hydroxyl groups is 2. The molecule has 0 fully saturated rings. The first-order valence-electron chi connectivity index (χ1n) is 29.2. The van der Waals surface area contributed by atoms with Crippen LogP contribution >= 0.6 is 0 Å². The minimum absolute atomic E-state index is 0.0152. The maximum Gasteiger partial charge on any atom is 0.306 e. The standard InChI is InChI=1S/C64H109NO5/c1-4-7-10-13-16-19-22-25-28-30-31-33-36-39-42-45-48-51-54-57-64(69)70-60(55-52-49-46-43-40-37-34-27-24-21-18-15-12-9-6-3)58-63(68)65-61(59-66)62(67)56-53-50-47-44-41-38-35-32-29-26-23-20-17-14-11-8-5-2/h9,12,15-16,18-19,21,24-25,27-28,31,33-34,37,40,43,46,60-62,66-67H,4-8,10-11,13-14,17,20,22-23,26,29-30,32,35-36,38-39,41-42,44-45,47-59H2,1-3H3,(H,65,68)/b12-9-,18-15+,19-16-,24-21+,28-25-,33-31-,34-27-,40-37+,46-43+. The first-order valence-corrected chi connectivity index (χ1v) is 29.2. The molecule has 0 radical (unpaired) electrons. The predicted molar refractivity (Wildman–Crippen MR) is 305 cm³/mol. The van der Waals surface area contributed by atoms with Gasteiger partial charge in [-0.05, 0) is 77.0 Å². The maximum absolute atomic E-state index is 13.3. The van der Waals surface area contributed by atoms with E-state index in [1.807, 2.05) is 60.8 Å². The summed E-state index contributed by atoms with van der Waals surface area (Å²) in [5, 5.41) is 23.9. The number of esters is 1. The lowest BCUT2D eigenvalue weighted by atomic mass is 10.0. The van der Waals surface area contributed by atoms with E-state index in [0.717, 1.165) is 77.0 Å². The van der Waals surface area contributed by atoms with E-state index >= 15 is 0 Å². The summed E-state index contributed by atoms with van der Waals surface area (Å²) in [5.74, 6) is -0.567. The van der Waals surface area contributed by atoms with E-state index in [0.29, 0.717) is 19.3 Å². The topological polar surface area (TPSA) is 95.9 Å². The van der Waals surface area contributed by atoms with Gasteiger partial charge in [0, 0.05) is 6.42 Å². The molecule has 6 nitrogen and oxygen atoms in total. The number of aliphatic hydroxyl groups excluding tert-OH is 2. The van der Waals surface area contributed by atoms with Gasteiger partial charge in [0.25, 0.3) is 0 Å². The van der Waals surface area contributed by atoms with Gasteiger partial charge in [-0.25, -0.2) is 0 Å². The lowest BCUT2D eigenvalue weighted by molar-refractivity contribution is -0.151. The molecule has 0 aliphatic heterocycles. The molecular weight excluding hydrogens is 863 g/mol. The highest BCUT2D eigenvalue weighted by Gasteiger charge is 2.24. The van der Waals surface area contributed by atoms with Crippen LogP contribution in [0.25, 0.3) is 0 Å². The highest BCUT2D eigenvalue weighted by molar-refractivity contribution is 5.77. The van der Waals surface area contributed by atoms with E-state index < -0.39 is 18.2 Å². The highest BCUT2D eigenvalue weighted by Crippen LogP contribution is 2.17. The number of carbonyl (C=O) groups excluding carboxylic acids is 2. The first kappa shape index (κ1) is 66.5. The third-order valence-electron chi connectivity index (χ3n) is 12.7. The van der Waals surface area contributed by atoms with Gasteiger partial charge in [0.05, 0.1) is 25.2 Å². The van der Waals surface area contributed by atoms with E-state index in [-0.39, 0.29) is 24.9 Å². The van der Waals surface area contributed by atoms with Gasteiger partial charge in [-0.15, -0.1) is 0 Å². The van der Waals surface area contributed by atoms with Crippen molar-refractivity contribution in [3.8, 4) is 0 Å². The second kappa shape index (κ2) is 56.4. The van der Waals surface area contributed by atoms with Crippen molar-refractivity contribution in [2.24, 2.45) is 0 Å². The van der Waals surface area contributed by atoms with Crippen LogP contribution in [-0.2, 0) is 14.3 Å². The number of unbranched alkanes of at least 4 members (excludes halogenated alkanes) is 26. The quantitative estimate of drug-likeness (QED) is 0.0244. The van der Waals surface area contributed by atoms with E-state index in [2.05, 4.69) is 74.7 Å². The number of carbonyl (C=O) groups is 2. The summed E-state index contributed by atoms with van der Waals surface area (Å²) in [4.78, 5) is 26.3. The lowest BCUT2D eigenvalue weighted by Crippen LogP contribution is -2.46. The molecule has 6 heteroatoms. The lowest BCUT2D eigenvalue weighted by Gasteiger charge is -2.24. The minimum atomic E-state index is -0.818. The molecule has 0 aromatic carbocycles. The van der Waals surface area contributed by atoms with Crippen molar-refractivity contribution in [1.82, 2.24) is 5.32 Å². The molecule has 0 saturated carbocycles. The van der Waals surface area contributed by atoms with Crippen molar-refractivity contribution in [2.75, 3.05) is 6.61 Å². The normalized spacial score (nSPS) is 14.0. The largest absolute Gasteiger partial charge is 0.462 e. The van der Waals surface area contributed by atoms with Gasteiger partial charge in [-0.3, -0.25) is 9.59 Å². The molecular formula is C64H109NO5. The van der Waals surface area contributed by atoms with E-state index in [9.17, 15) is 19.8 Å². The molecule has 0 aliphatic rings. The van der Waals surface area contributed by atoms with E-state index in [4.69, 9.17) is 4.74 Å². The fourth-order valence-corrected chi connectivity index (χ4v) is 8.36. The number of allylic oxidation sites excluding steroid dienone is 18. The molecule has 0 spiro atoms. The zero-order valence-corrected chi connectivity index (χ0v) is 45.6. The van der Waals surface area contributed by atoms with Crippen molar-refractivity contribution in [3.63, 3.8) is 0 Å². The molecule has 3 unspecified atom stereocenters. The Kier molecular flexibility index (Phi) is 53.6. The van der Waals surface area contributed by atoms with Crippen molar-refractivity contribution < 1.29 is 24.5 Å². The Balaban J connectivity index is 4.68. The fraction of sp³-hybridized carbons (Fsp3) is 0.688. The molecule has 0 bridgehead atoms. The van der Waals surface area contributed by atoms with Crippen LogP contribution in [0.3, 0.4) is 0 Å². The molecule has 0 rings (SSSR count). The Bertz CT molecular complexity index is 1420. The summed E-state index contributed by atoms with van der Waals surface area (Å²) in [6.45, 7) is 6.30. The van der Waals surface area contributed by atoms with Gasteiger partial charge in [-0.1, -0.05) is 278 Å². The van der Waals surface area contributed by atoms with Crippen LogP contribution in [0, 0.1) is 0 Å². The number of hydrogen-bond acceptors (Lipinski definition) is 5. The smallest absolute Gasteiger partial charge is 0.306 e. The van der Waals surface area contributed by atoms with Gasteiger partial charge in [0.1, 0.15) is 6.10 Å². The van der Waals surface area contributed by atoms with E-state index in [1.54, 1.807) is 0 Å². The van der Waals surface area contributed by atoms with Crippen molar-refractivity contribution in [2.45, 2.75) is 277 Å². The SMILES string of the molecule is CC\C=C/C=C/C=C/C=C\C=C\C=C\CCCC(CC(=O)NC(CO)C(O)CCCCCCCCCCCCCCCCCCC)OC(=O)CCCCCCCC/C=C\C/C=C\C/C=C\CCCCC. The highest BCUT2D eigenvalue weighted by atomic mass is 16.5.